The number of amides is 1. The topological polar surface area (TPSA) is 127 Å². The highest BCUT2D eigenvalue weighted by Crippen LogP contribution is 2.37. The van der Waals surface area contributed by atoms with Gasteiger partial charge in [-0.1, -0.05) is 11.6 Å². The second kappa shape index (κ2) is 7.73. The largest absolute Gasteiger partial charge is 0.495 e. The highest BCUT2D eigenvalue weighted by molar-refractivity contribution is 7.89. The Morgan fingerprint density at radius 1 is 1.47 bits per heavy atom. The average molecular weight is 459 g/mol. The molecule has 0 spiro atoms. The summed E-state index contributed by atoms with van der Waals surface area (Å²) in [6.07, 6.45) is 1.06. The van der Waals surface area contributed by atoms with Crippen LogP contribution < -0.4 is 15.8 Å². The van der Waals surface area contributed by atoms with Crippen molar-refractivity contribution in [2.45, 2.75) is 12.5 Å². The predicted octanol–water partition coefficient (Wildman–Crippen LogP) is 1.94. The minimum Gasteiger partial charge on any atom is -0.495 e. The van der Waals surface area contributed by atoms with Crippen molar-refractivity contribution >= 4 is 39.2 Å². The van der Waals surface area contributed by atoms with Gasteiger partial charge in [0, 0.05) is 18.3 Å². The van der Waals surface area contributed by atoms with Crippen molar-refractivity contribution in [2.75, 3.05) is 25.2 Å². The van der Waals surface area contributed by atoms with Crippen LogP contribution >= 0.6 is 11.6 Å². The minimum absolute atomic E-state index is 0.0531. The van der Waals surface area contributed by atoms with Gasteiger partial charge in [-0.2, -0.15) is 0 Å². The third-order valence-corrected chi connectivity index (χ3v) is 6.74. The molecule has 1 aliphatic heterocycles. The third kappa shape index (κ3) is 4.03. The van der Waals surface area contributed by atoms with Crippen molar-refractivity contribution in [1.29, 1.82) is 0 Å². The van der Waals surface area contributed by atoms with Gasteiger partial charge in [0.1, 0.15) is 22.8 Å². The van der Waals surface area contributed by atoms with Gasteiger partial charge in [-0.05, 0) is 31.2 Å². The number of nitrogens with two attached hydrogens (primary N) is 1. The molecule has 0 saturated heterocycles. The number of hydrogen-bond donors (Lipinski definition) is 2. The van der Waals surface area contributed by atoms with Gasteiger partial charge in [0.15, 0.2) is 0 Å². The molecule has 0 radical (unpaired) electrons. The number of benzene rings is 1. The van der Waals surface area contributed by atoms with Crippen molar-refractivity contribution in [1.82, 2.24) is 9.29 Å². The Labute approximate surface area is 182 Å². The van der Waals surface area contributed by atoms with Crippen LogP contribution in [-0.4, -0.2) is 49.4 Å². The van der Waals surface area contributed by atoms with Gasteiger partial charge in [0.05, 0.1) is 28.1 Å². The van der Waals surface area contributed by atoms with Crippen LogP contribution in [0.15, 0.2) is 35.5 Å². The number of aliphatic imine (C=N–C) groups is 1. The van der Waals surface area contributed by atoms with Gasteiger partial charge in [-0.15, -0.1) is 0 Å². The summed E-state index contributed by atoms with van der Waals surface area (Å²) in [7, 11) is -5.31. The molecular weight excluding hydrogens is 437 g/mol. The number of nitrogens with zero attached hydrogens (tertiary/aromatic N) is 3. The van der Waals surface area contributed by atoms with Gasteiger partial charge >= 0.3 is 0 Å². The first-order valence-electron chi connectivity index (χ1n) is 9.89. The highest BCUT2D eigenvalue weighted by atomic mass is 35.5. The quantitative estimate of drug-likeness (QED) is 0.720. The van der Waals surface area contributed by atoms with Crippen molar-refractivity contribution < 1.29 is 26.5 Å². The molecule has 0 fully saturated rings. The van der Waals surface area contributed by atoms with E-state index in [2.05, 4.69) is 20.0 Å². The summed E-state index contributed by atoms with van der Waals surface area (Å²) in [5.41, 5.74) is 3.90. The lowest BCUT2D eigenvalue weighted by Crippen LogP contribution is -2.50. The molecule has 1 amide bonds. The maximum absolute atomic E-state index is 14.9. The standard InChI is InChI=1S/C18H19ClFN5O4S/c1-18(9-30(27,28)25(2)17(21)24-18)12-6-10(7-13(19)15(12)20)23-16(26)14-5-4-11(29-3)8-22-14/h4-8H,9H2,1-3H3,(H2,21,24)(H,23,26)/t18-/m0/s1/i3D3. The molecule has 0 bridgehead atoms. The number of hydrogen-bond acceptors (Lipinski definition) is 7. The highest BCUT2D eigenvalue weighted by Gasteiger charge is 2.42. The maximum Gasteiger partial charge on any atom is 0.274 e. The van der Waals surface area contributed by atoms with Crippen molar-refractivity contribution in [3.8, 4) is 5.75 Å². The summed E-state index contributed by atoms with van der Waals surface area (Å²) >= 11 is 6.00. The summed E-state index contributed by atoms with van der Waals surface area (Å²) in [5.74, 6) is -2.58. The van der Waals surface area contributed by atoms with Gasteiger partial charge < -0.3 is 15.8 Å². The first-order valence-corrected chi connectivity index (χ1v) is 10.4. The van der Waals surface area contributed by atoms with Crippen LogP contribution in [0.3, 0.4) is 0 Å². The molecule has 3 rings (SSSR count). The molecular formula is C18H19ClFN5O4S. The van der Waals surface area contributed by atoms with Crippen LogP contribution in [0.5, 0.6) is 5.75 Å². The number of carbonyl (C=O) groups excluding carboxylic acids is 1. The summed E-state index contributed by atoms with van der Waals surface area (Å²) in [6.45, 7) is 1.38. The summed E-state index contributed by atoms with van der Waals surface area (Å²) < 4.78 is 66.4. The Hall–Kier alpha value is -2.92. The lowest BCUT2D eigenvalue weighted by Gasteiger charge is -2.34. The Morgan fingerprint density at radius 2 is 2.20 bits per heavy atom. The molecule has 0 saturated carbocycles. The molecule has 160 valence electrons. The number of halogens is 2. The minimum atomic E-state index is -3.87. The van der Waals surface area contributed by atoms with Gasteiger partial charge in [-0.25, -0.2) is 27.1 Å². The Bertz CT molecular complexity index is 1240. The van der Waals surface area contributed by atoms with E-state index in [-0.39, 0.29) is 33.7 Å². The first-order chi connectivity index (χ1) is 15.1. The third-order valence-electron chi connectivity index (χ3n) is 4.52. The van der Waals surface area contributed by atoms with E-state index in [0.29, 0.717) is 0 Å². The number of pyridine rings is 1. The average Bonchev–Trinajstić information content (AvgIpc) is 2.67. The summed E-state index contributed by atoms with van der Waals surface area (Å²) in [5, 5.41) is 2.12. The van der Waals surface area contributed by atoms with E-state index in [9.17, 15) is 17.6 Å². The second-order valence-corrected chi connectivity index (χ2v) is 9.13. The molecule has 2 aromatic rings. The molecule has 9 nitrogen and oxygen atoms in total. The van der Waals surface area contributed by atoms with Crippen LogP contribution in [0.1, 0.15) is 27.1 Å². The summed E-state index contributed by atoms with van der Waals surface area (Å²) in [4.78, 5) is 20.5. The molecule has 2 heterocycles. The van der Waals surface area contributed by atoms with E-state index >= 15 is 0 Å². The Morgan fingerprint density at radius 3 is 2.80 bits per heavy atom. The SMILES string of the molecule is [2H]C([2H])([2H])Oc1ccc(C(=O)Nc2cc(Cl)c(F)c([C@]3(C)CS(=O)(=O)N(C)C(N)=N3)c2)nc1. The van der Waals surface area contributed by atoms with Crippen molar-refractivity contribution in [3.63, 3.8) is 0 Å². The number of nitrogens with one attached hydrogen (secondary N) is 1. The number of anilines is 1. The Balaban J connectivity index is 1.91. The summed E-state index contributed by atoms with van der Waals surface area (Å²) in [6, 6.07) is 4.84. The number of rotatable bonds is 4. The van der Waals surface area contributed by atoms with Crippen LogP contribution in [0.25, 0.3) is 0 Å². The zero-order valence-corrected chi connectivity index (χ0v) is 17.4. The zero-order chi connectivity index (χ0) is 24.8. The first kappa shape index (κ1) is 17.9. The molecule has 0 unspecified atom stereocenters. The molecule has 1 aliphatic rings. The van der Waals surface area contributed by atoms with Crippen LogP contribution in [0.2, 0.25) is 5.02 Å². The van der Waals surface area contributed by atoms with Gasteiger partial charge in [0.2, 0.25) is 16.0 Å². The molecule has 30 heavy (non-hydrogen) atoms. The van der Waals surface area contributed by atoms with E-state index in [4.69, 9.17) is 21.4 Å². The number of sulfonamides is 1. The monoisotopic (exact) mass is 458 g/mol. The predicted molar refractivity (Wildman–Crippen MR) is 111 cm³/mol. The van der Waals surface area contributed by atoms with Crippen LogP contribution in [-0.2, 0) is 15.6 Å². The number of ether oxygens (including phenoxy) is 1. The van der Waals surface area contributed by atoms with Crippen LogP contribution in [0, 0.1) is 5.82 Å². The lowest BCUT2D eigenvalue weighted by molar-refractivity contribution is 0.102. The fourth-order valence-electron chi connectivity index (χ4n) is 2.91. The number of carbonyl (C=O) groups is 1. The van der Waals surface area contributed by atoms with E-state index in [1.54, 1.807) is 0 Å². The number of guanidine groups is 1. The van der Waals surface area contributed by atoms with Crippen LogP contribution in [0.4, 0.5) is 10.1 Å². The number of aromatic nitrogens is 1. The van der Waals surface area contributed by atoms with Gasteiger partial charge in [-0.3, -0.25) is 4.79 Å². The molecule has 0 aliphatic carbocycles. The van der Waals surface area contributed by atoms with E-state index in [1.165, 1.54) is 32.2 Å². The van der Waals surface area contributed by atoms with E-state index in [0.717, 1.165) is 16.6 Å². The normalized spacial score (nSPS) is 22.3. The number of methoxy groups -OCH3 is 1. The van der Waals surface area contributed by atoms with E-state index in [1.807, 2.05) is 0 Å². The van der Waals surface area contributed by atoms with Gasteiger partial charge in [0.25, 0.3) is 5.91 Å². The molecule has 12 heteroatoms. The van der Waals surface area contributed by atoms with Crippen molar-refractivity contribution in [3.05, 3.63) is 52.6 Å². The van der Waals surface area contributed by atoms with Crippen molar-refractivity contribution in [2.24, 2.45) is 10.7 Å². The maximum atomic E-state index is 14.9. The smallest absolute Gasteiger partial charge is 0.274 e. The molecule has 1 aromatic heterocycles. The molecule has 3 N–H and O–H groups in total. The van der Waals surface area contributed by atoms with E-state index < -0.39 is 40.1 Å². The Kier molecular flexibility index (Phi) is 4.61. The molecule has 1 aromatic carbocycles. The second-order valence-electron chi connectivity index (χ2n) is 6.72. The fourth-order valence-corrected chi connectivity index (χ4v) is 4.58. The fraction of sp³-hybridized carbons (Fsp3) is 0.278. The zero-order valence-electron chi connectivity index (χ0n) is 18.8. The lowest BCUT2D eigenvalue weighted by atomic mass is 9.93. The molecule has 1 atom stereocenters.